The van der Waals surface area contributed by atoms with Gasteiger partial charge in [-0.25, -0.2) is 0 Å². The molecule has 1 rings (SSSR count). The quantitative estimate of drug-likeness (QED) is 0.753. The van der Waals surface area contributed by atoms with Crippen LogP contribution in [0.4, 0.5) is 0 Å². The Kier molecular flexibility index (Phi) is 5.29. The maximum atomic E-state index is 5.82. The zero-order valence-electron chi connectivity index (χ0n) is 10.3. The molecule has 1 aromatic rings. The predicted molar refractivity (Wildman–Crippen MR) is 65.8 cm³/mol. The van der Waals surface area contributed by atoms with Crippen molar-refractivity contribution >= 4 is 0 Å². The van der Waals surface area contributed by atoms with Crippen molar-refractivity contribution in [3.8, 4) is 5.75 Å². The van der Waals surface area contributed by atoms with Crippen molar-refractivity contribution in [1.29, 1.82) is 0 Å². The normalized spacial score (nSPS) is 12.5. The van der Waals surface area contributed by atoms with E-state index in [1.54, 1.807) is 7.11 Å². The van der Waals surface area contributed by atoms with Crippen LogP contribution in [0.3, 0.4) is 0 Å². The van der Waals surface area contributed by atoms with Crippen LogP contribution in [-0.2, 0) is 4.74 Å². The summed E-state index contributed by atoms with van der Waals surface area (Å²) in [5, 5.41) is 0. The zero-order valence-corrected chi connectivity index (χ0v) is 10.3. The standard InChI is InChI=1S/C13H21NO2/c1-10-9-12(11(2)14)5-6-13(10)16-8-4-7-15-3/h5-6,9,11H,4,7-8,14H2,1-3H3. The largest absolute Gasteiger partial charge is 0.493 e. The van der Waals surface area contributed by atoms with Gasteiger partial charge in [0.15, 0.2) is 0 Å². The zero-order chi connectivity index (χ0) is 12.0. The van der Waals surface area contributed by atoms with Gasteiger partial charge in [-0.2, -0.15) is 0 Å². The van der Waals surface area contributed by atoms with Gasteiger partial charge in [-0.05, 0) is 31.0 Å². The number of hydrogen-bond acceptors (Lipinski definition) is 3. The lowest BCUT2D eigenvalue weighted by molar-refractivity contribution is 0.172. The lowest BCUT2D eigenvalue weighted by Gasteiger charge is -2.12. The fraction of sp³-hybridized carbons (Fsp3) is 0.538. The van der Waals surface area contributed by atoms with Gasteiger partial charge in [-0.1, -0.05) is 12.1 Å². The van der Waals surface area contributed by atoms with Crippen LogP contribution >= 0.6 is 0 Å². The Balaban J connectivity index is 2.54. The molecule has 0 amide bonds. The van der Waals surface area contributed by atoms with E-state index in [0.29, 0.717) is 6.61 Å². The summed E-state index contributed by atoms with van der Waals surface area (Å²) in [5.41, 5.74) is 8.09. The number of rotatable bonds is 6. The lowest BCUT2D eigenvalue weighted by Crippen LogP contribution is -2.06. The first-order chi connectivity index (χ1) is 7.65. The molecule has 0 aliphatic rings. The third-order valence-electron chi connectivity index (χ3n) is 2.48. The number of benzene rings is 1. The summed E-state index contributed by atoms with van der Waals surface area (Å²) in [6.45, 7) is 5.44. The summed E-state index contributed by atoms with van der Waals surface area (Å²) >= 11 is 0. The van der Waals surface area contributed by atoms with Crippen LogP contribution < -0.4 is 10.5 Å². The molecule has 0 spiro atoms. The molecule has 0 aromatic heterocycles. The van der Waals surface area contributed by atoms with E-state index in [0.717, 1.165) is 29.9 Å². The number of aryl methyl sites for hydroxylation is 1. The fourth-order valence-electron chi connectivity index (χ4n) is 1.50. The van der Waals surface area contributed by atoms with E-state index < -0.39 is 0 Å². The molecule has 90 valence electrons. The molecular formula is C13H21NO2. The molecule has 2 N–H and O–H groups in total. The molecule has 0 heterocycles. The van der Waals surface area contributed by atoms with Crippen molar-refractivity contribution in [1.82, 2.24) is 0 Å². The smallest absolute Gasteiger partial charge is 0.122 e. The van der Waals surface area contributed by atoms with E-state index in [1.807, 2.05) is 26.0 Å². The van der Waals surface area contributed by atoms with E-state index in [-0.39, 0.29) is 6.04 Å². The minimum Gasteiger partial charge on any atom is -0.493 e. The average Bonchev–Trinajstić information content (AvgIpc) is 2.26. The third kappa shape index (κ3) is 3.83. The molecule has 0 aliphatic carbocycles. The molecule has 0 bridgehead atoms. The topological polar surface area (TPSA) is 44.5 Å². The Morgan fingerprint density at radius 1 is 1.31 bits per heavy atom. The third-order valence-corrected chi connectivity index (χ3v) is 2.48. The van der Waals surface area contributed by atoms with Gasteiger partial charge in [0, 0.05) is 26.2 Å². The Morgan fingerprint density at radius 3 is 2.62 bits per heavy atom. The molecule has 0 radical (unpaired) electrons. The van der Waals surface area contributed by atoms with Gasteiger partial charge < -0.3 is 15.2 Å². The summed E-state index contributed by atoms with van der Waals surface area (Å²) in [5.74, 6) is 0.931. The molecule has 3 heteroatoms. The SMILES string of the molecule is COCCCOc1ccc(C(C)N)cc1C. The van der Waals surface area contributed by atoms with Gasteiger partial charge in [0.25, 0.3) is 0 Å². The number of nitrogens with two attached hydrogens (primary N) is 1. The predicted octanol–water partition coefficient (Wildman–Crippen LogP) is 2.43. The van der Waals surface area contributed by atoms with Gasteiger partial charge in [-0.3, -0.25) is 0 Å². The van der Waals surface area contributed by atoms with Crippen LogP contribution in [0, 0.1) is 6.92 Å². The summed E-state index contributed by atoms with van der Waals surface area (Å²) in [4.78, 5) is 0. The van der Waals surface area contributed by atoms with Gasteiger partial charge in [0.2, 0.25) is 0 Å². The summed E-state index contributed by atoms with van der Waals surface area (Å²) in [7, 11) is 1.70. The molecule has 1 unspecified atom stereocenters. The highest BCUT2D eigenvalue weighted by Gasteiger charge is 2.04. The second kappa shape index (κ2) is 6.51. The van der Waals surface area contributed by atoms with Crippen molar-refractivity contribution in [2.75, 3.05) is 20.3 Å². The Morgan fingerprint density at radius 2 is 2.06 bits per heavy atom. The van der Waals surface area contributed by atoms with Crippen molar-refractivity contribution in [2.24, 2.45) is 5.73 Å². The molecule has 1 atom stereocenters. The lowest BCUT2D eigenvalue weighted by atomic mass is 10.1. The first kappa shape index (κ1) is 13.0. The van der Waals surface area contributed by atoms with E-state index >= 15 is 0 Å². The van der Waals surface area contributed by atoms with Crippen LogP contribution in [0.5, 0.6) is 5.75 Å². The van der Waals surface area contributed by atoms with Crippen molar-refractivity contribution < 1.29 is 9.47 Å². The molecule has 0 fully saturated rings. The minimum atomic E-state index is 0.0706. The van der Waals surface area contributed by atoms with E-state index in [9.17, 15) is 0 Å². The van der Waals surface area contributed by atoms with Crippen LogP contribution in [0.1, 0.15) is 30.5 Å². The highest BCUT2D eigenvalue weighted by atomic mass is 16.5. The minimum absolute atomic E-state index is 0.0706. The molecule has 0 saturated heterocycles. The Hall–Kier alpha value is -1.06. The number of ether oxygens (including phenoxy) is 2. The highest BCUT2D eigenvalue weighted by molar-refractivity contribution is 5.37. The van der Waals surface area contributed by atoms with Crippen LogP contribution in [0.2, 0.25) is 0 Å². The second-order valence-electron chi connectivity index (χ2n) is 4.01. The van der Waals surface area contributed by atoms with Crippen LogP contribution in [0.15, 0.2) is 18.2 Å². The molecule has 16 heavy (non-hydrogen) atoms. The Bertz CT molecular complexity index is 324. The van der Waals surface area contributed by atoms with Gasteiger partial charge >= 0.3 is 0 Å². The summed E-state index contributed by atoms with van der Waals surface area (Å²) in [6.07, 6.45) is 0.908. The summed E-state index contributed by atoms with van der Waals surface area (Å²) in [6, 6.07) is 6.15. The first-order valence-electron chi connectivity index (χ1n) is 5.63. The maximum Gasteiger partial charge on any atom is 0.122 e. The highest BCUT2D eigenvalue weighted by Crippen LogP contribution is 2.21. The average molecular weight is 223 g/mol. The van der Waals surface area contributed by atoms with Crippen molar-refractivity contribution in [3.63, 3.8) is 0 Å². The number of hydrogen-bond donors (Lipinski definition) is 1. The van der Waals surface area contributed by atoms with Crippen LogP contribution in [0.25, 0.3) is 0 Å². The molecule has 1 aromatic carbocycles. The van der Waals surface area contributed by atoms with Gasteiger partial charge in [-0.15, -0.1) is 0 Å². The maximum absolute atomic E-state index is 5.82. The van der Waals surface area contributed by atoms with Gasteiger partial charge in [0.05, 0.1) is 6.61 Å². The van der Waals surface area contributed by atoms with Crippen LogP contribution in [-0.4, -0.2) is 20.3 Å². The Labute approximate surface area is 97.6 Å². The molecule has 0 saturated carbocycles. The summed E-state index contributed by atoms with van der Waals surface area (Å²) < 4.78 is 10.6. The van der Waals surface area contributed by atoms with E-state index in [1.165, 1.54) is 0 Å². The van der Waals surface area contributed by atoms with Crippen molar-refractivity contribution in [3.05, 3.63) is 29.3 Å². The van der Waals surface area contributed by atoms with E-state index in [4.69, 9.17) is 15.2 Å². The molecular weight excluding hydrogens is 202 g/mol. The molecule has 3 nitrogen and oxygen atoms in total. The first-order valence-corrected chi connectivity index (χ1v) is 5.63. The molecule has 0 aliphatic heterocycles. The monoisotopic (exact) mass is 223 g/mol. The second-order valence-corrected chi connectivity index (χ2v) is 4.01. The fourth-order valence-corrected chi connectivity index (χ4v) is 1.50. The van der Waals surface area contributed by atoms with E-state index in [2.05, 4.69) is 6.07 Å². The van der Waals surface area contributed by atoms with Gasteiger partial charge in [0.1, 0.15) is 5.75 Å². The number of methoxy groups -OCH3 is 1. The van der Waals surface area contributed by atoms with Crippen molar-refractivity contribution in [2.45, 2.75) is 26.3 Å².